The molecule has 3 heterocycles. The van der Waals surface area contributed by atoms with E-state index in [9.17, 15) is 8.42 Å². The Labute approximate surface area is 141 Å². The monoisotopic (exact) mass is 357 g/mol. The lowest BCUT2D eigenvalue weighted by Crippen LogP contribution is -2.12. The van der Waals surface area contributed by atoms with Gasteiger partial charge in [-0.1, -0.05) is 11.2 Å². The van der Waals surface area contributed by atoms with Crippen molar-refractivity contribution in [3.05, 3.63) is 59.4 Å². The van der Waals surface area contributed by atoms with E-state index < -0.39 is 10.0 Å². The molecule has 0 aliphatic rings. The summed E-state index contributed by atoms with van der Waals surface area (Å²) in [6.07, 6.45) is 1.73. The van der Waals surface area contributed by atoms with Crippen LogP contribution in [0.15, 0.2) is 68.8 Å². The summed E-state index contributed by atoms with van der Waals surface area (Å²) >= 11 is 1.31. The van der Waals surface area contributed by atoms with Crippen LogP contribution in [0.25, 0.3) is 22.2 Å². The molecular weight excluding hydrogens is 346 g/mol. The second-order valence-electron chi connectivity index (χ2n) is 5.05. The lowest BCUT2D eigenvalue weighted by atomic mass is 10.1. The van der Waals surface area contributed by atoms with Gasteiger partial charge >= 0.3 is 0 Å². The molecule has 24 heavy (non-hydrogen) atoms. The van der Waals surface area contributed by atoms with Gasteiger partial charge in [0.05, 0.1) is 10.4 Å². The minimum atomic E-state index is -3.65. The summed E-state index contributed by atoms with van der Waals surface area (Å²) in [5.74, 6) is 0.617. The van der Waals surface area contributed by atoms with Crippen molar-refractivity contribution in [2.75, 3.05) is 4.72 Å². The molecule has 1 N–H and O–H groups in total. The molecule has 0 aliphatic heterocycles. The van der Waals surface area contributed by atoms with Crippen LogP contribution in [0.5, 0.6) is 0 Å². The topological polar surface area (TPSA) is 85.1 Å². The minimum absolute atomic E-state index is 0.141. The lowest BCUT2D eigenvalue weighted by Gasteiger charge is -2.01. The molecule has 1 aromatic carbocycles. The molecule has 0 saturated heterocycles. The van der Waals surface area contributed by atoms with E-state index in [2.05, 4.69) is 14.9 Å². The predicted octanol–water partition coefficient (Wildman–Crippen LogP) is 3.75. The standard InChI is InChI=1S/C16H11N3O3S2/c20-24(21,13-5-7-23-10-13)19-16-9-15(22-18-16)12-3-4-14-11(8-12)2-1-6-17-14/h1-10H,(H,18,19). The van der Waals surface area contributed by atoms with Crippen LogP contribution in [-0.4, -0.2) is 18.6 Å². The van der Waals surface area contributed by atoms with Gasteiger partial charge in [0.25, 0.3) is 10.0 Å². The van der Waals surface area contributed by atoms with Gasteiger partial charge in [-0.05, 0) is 35.7 Å². The maximum atomic E-state index is 12.2. The first-order chi connectivity index (χ1) is 11.6. The highest BCUT2D eigenvalue weighted by Crippen LogP contribution is 2.26. The molecule has 0 aliphatic carbocycles. The van der Waals surface area contributed by atoms with Gasteiger partial charge < -0.3 is 4.52 Å². The van der Waals surface area contributed by atoms with E-state index in [-0.39, 0.29) is 10.7 Å². The first-order valence-electron chi connectivity index (χ1n) is 6.99. The van der Waals surface area contributed by atoms with Crippen LogP contribution in [0.2, 0.25) is 0 Å². The van der Waals surface area contributed by atoms with Crippen molar-refractivity contribution in [2.45, 2.75) is 4.90 Å². The quantitative estimate of drug-likeness (QED) is 0.601. The van der Waals surface area contributed by atoms with Crippen molar-refractivity contribution < 1.29 is 12.9 Å². The number of fused-ring (bicyclic) bond motifs is 1. The number of hydrogen-bond acceptors (Lipinski definition) is 6. The van der Waals surface area contributed by atoms with Crippen molar-refractivity contribution in [3.63, 3.8) is 0 Å². The molecule has 0 unspecified atom stereocenters. The number of rotatable bonds is 4. The second-order valence-corrected chi connectivity index (χ2v) is 7.51. The summed E-state index contributed by atoms with van der Waals surface area (Å²) < 4.78 is 32.1. The highest BCUT2D eigenvalue weighted by molar-refractivity contribution is 7.92. The third-order valence-corrected chi connectivity index (χ3v) is 5.63. The Morgan fingerprint density at radius 2 is 2.04 bits per heavy atom. The van der Waals surface area contributed by atoms with Gasteiger partial charge in [-0.15, -0.1) is 0 Å². The van der Waals surface area contributed by atoms with Crippen molar-refractivity contribution in [3.8, 4) is 11.3 Å². The minimum Gasteiger partial charge on any atom is -0.354 e. The summed E-state index contributed by atoms with van der Waals surface area (Å²) in [7, 11) is -3.65. The van der Waals surface area contributed by atoms with Crippen LogP contribution in [0.3, 0.4) is 0 Å². The zero-order chi connectivity index (χ0) is 16.6. The Balaban J connectivity index is 1.64. The number of nitrogens with zero attached hydrogens (tertiary/aromatic N) is 2. The zero-order valence-electron chi connectivity index (χ0n) is 12.2. The van der Waals surface area contributed by atoms with E-state index >= 15 is 0 Å². The van der Waals surface area contributed by atoms with Crippen LogP contribution in [0.4, 0.5) is 5.82 Å². The number of pyridine rings is 1. The van der Waals surface area contributed by atoms with Crippen LogP contribution in [-0.2, 0) is 10.0 Å². The van der Waals surface area contributed by atoms with Gasteiger partial charge in [-0.2, -0.15) is 11.3 Å². The summed E-state index contributed by atoms with van der Waals surface area (Å²) in [4.78, 5) is 4.46. The van der Waals surface area contributed by atoms with E-state index in [1.807, 2.05) is 30.3 Å². The average molecular weight is 357 g/mol. The predicted molar refractivity (Wildman–Crippen MR) is 92.4 cm³/mol. The fraction of sp³-hybridized carbons (Fsp3) is 0. The molecule has 120 valence electrons. The van der Waals surface area contributed by atoms with Crippen molar-refractivity contribution in [1.29, 1.82) is 0 Å². The number of anilines is 1. The van der Waals surface area contributed by atoms with Gasteiger partial charge in [0.1, 0.15) is 0 Å². The number of hydrogen-bond donors (Lipinski definition) is 1. The van der Waals surface area contributed by atoms with E-state index in [1.165, 1.54) is 17.4 Å². The summed E-state index contributed by atoms with van der Waals surface area (Å²) in [5, 5.41) is 8.01. The van der Waals surface area contributed by atoms with Crippen molar-refractivity contribution >= 4 is 38.1 Å². The molecule has 0 saturated carbocycles. The molecule has 0 spiro atoms. The maximum absolute atomic E-state index is 12.2. The fourth-order valence-corrected chi connectivity index (χ4v) is 4.30. The molecule has 0 radical (unpaired) electrons. The van der Waals surface area contributed by atoms with E-state index in [0.29, 0.717) is 5.76 Å². The Kier molecular flexibility index (Phi) is 3.55. The summed E-state index contributed by atoms with van der Waals surface area (Å²) in [6, 6.07) is 12.5. The molecular formula is C16H11N3O3S2. The molecule has 4 rings (SSSR count). The van der Waals surface area contributed by atoms with Gasteiger partial charge in [-0.25, -0.2) is 8.42 Å². The third-order valence-electron chi connectivity index (χ3n) is 3.44. The lowest BCUT2D eigenvalue weighted by molar-refractivity contribution is 0.435. The van der Waals surface area contributed by atoms with Crippen molar-refractivity contribution in [2.24, 2.45) is 0 Å². The van der Waals surface area contributed by atoms with E-state index in [4.69, 9.17) is 4.52 Å². The van der Waals surface area contributed by atoms with E-state index in [1.54, 1.807) is 23.0 Å². The Hall–Kier alpha value is -2.71. The first-order valence-corrected chi connectivity index (χ1v) is 9.41. The zero-order valence-corrected chi connectivity index (χ0v) is 13.8. The molecule has 8 heteroatoms. The van der Waals surface area contributed by atoms with Crippen LogP contribution >= 0.6 is 11.3 Å². The Morgan fingerprint density at radius 1 is 1.12 bits per heavy atom. The SMILES string of the molecule is O=S(=O)(Nc1cc(-c2ccc3ncccc3c2)on1)c1ccsc1. The maximum Gasteiger partial charge on any atom is 0.263 e. The molecule has 0 amide bonds. The van der Waals surface area contributed by atoms with Gasteiger partial charge in [0.15, 0.2) is 11.6 Å². The second kappa shape index (κ2) is 5.73. The fourth-order valence-electron chi connectivity index (χ4n) is 2.29. The van der Waals surface area contributed by atoms with Gasteiger partial charge in [0.2, 0.25) is 0 Å². The largest absolute Gasteiger partial charge is 0.354 e. The molecule has 4 aromatic rings. The number of aromatic nitrogens is 2. The normalized spacial score (nSPS) is 11.7. The Morgan fingerprint density at radius 3 is 2.88 bits per heavy atom. The van der Waals surface area contributed by atoms with Crippen LogP contribution in [0.1, 0.15) is 0 Å². The highest BCUT2D eigenvalue weighted by Gasteiger charge is 2.17. The van der Waals surface area contributed by atoms with Crippen LogP contribution < -0.4 is 4.72 Å². The smallest absolute Gasteiger partial charge is 0.263 e. The average Bonchev–Trinajstić information content (AvgIpc) is 3.26. The van der Waals surface area contributed by atoms with Gasteiger partial charge in [-0.3, -0.25) is 9.71 Å². The molecule has 0 atom stereocenters. The van der Waals surface area contributed by atoms with Gasteiger partial charge in [0, 0.05) is 28.6 Å². The van der Waals surface area contributed by atoms with Crippen LogP contribution in [0, 0.1) is 0 Å². The number of sulfonamides is 1. The number of benzene rings is 1. The Bertz CT molecular complexity index is 1100. The summed E-state index contributed by atoms with van der Waals surface area (Å²) in [5.41, 5.74) is 1.67. The van der Waals surface area contributed by atoms with Crippen molar-refractivity contribution in [1.82, 2.24) is 10.1 Å². The number of thiophene rings is 1. The molecule has 0 bridgehead atoms. The highest BCUT2D eigenvalue weighted by atomic mass is 32.2. The number of nitrogens with one attached hydrogen (secondary N) is 1. The third kappa shape index (κ3) is 2.77. The first kappa shape index (κ1) is 14.9. The molecule has 6 nitrogen and oxygen atoms in total. The van der Waals surface area contributed by atoms with E-state index in [0.717, 1.165) is 16.5 Å². The molecule has 0 fully saturated rings. The molecule has 3 aromatic heterocycles. The summed E-state index contributed by atoms with van der Waals surface area (Å²) in [6.45, 7) is 0.